The van der Waals surface area contributed by atoms with Crippen LogP contribution in [-0.4, -0.2) is 34.3 Å². The second kappa shape index (κ2) is 6.67. The molecule has 2 aromatic carbocycles. The maximum Gasteiger partial charge on any atom is 0.262 e. The molecular formula is C21H21N3O2. The number of hydrogen-bond acceptors (Lipinski definition) is 4. The number of para-hydroxylation sites is 1. The average Bonchev–Trinajstić information content (AvgIpc) is 3.04. The molecule has 5 nitrogen and oxygen atoms in total. The van der Waals surface area contributed by atoms with Crippen molar-refractivity contribution in [3.05, 3.63) is 77.6 Å². The SMILES string of the molecule is C[C@@H]1CN=C2C(C(=O)Nc3ccccc3)=C(O)C[C@H](c3ccccc3)N21. The van der Waals surface area contributed by atoms with Gasteiger partial charge < -0.3 is 15.3 Å². The molecule has 5 heteroatoms. The number of aliphatic imine (C=N–C) groups is 1. The predicted molar refractivity (Wildman–Crippen MR) is 102 cm³/mol. The molecule has 1 amide bonds. The molecule has 0 saturated heterocycles. The first kappa shape index (κ1) is 16.4. The predicted octanol–water partition coefficient (Wildman–Crippen LogP) is 3.68. The molecule has 0 bridgehead atoms. The van der Waals surface area contributed by atoms with Gasteiger partial charge in [0.15, 0.2) is 0 Å². The Balaban J connectivity index is 1.68. The third kappa shape index (κ3) is 2.86. The number of anilines is 1. The highest BCUT2D eigenvalue weighted by atomic mass is 16.3. The average molecular weight is 347 g/mol. The second-order valence-electron chi connectivity index (χ2n) is 6.69. The van der Waals surface area contributed by atoms with Gasteiger partial charge in [0.1, 0.15) is 17.2 Å². The number of carbonyl (C=O) groups excluding carboxylic acids is 1. The summed E-state index contributed by atoms with van der Waals surface area (Å²) >= 11 is 0. The van der Waals surface area contributed by atoms with Crippen molar-refractivity contribution in [2.75, 3.05) is 11.9 Å². The lowest BCUT2D eigenvalue weighted by Gasteiger charge is -2.38. The largest absolute Gasteiger partial charge is 0.511 e. The van der Waals surface area contributed by atoms with Crippen LogP contribution in [-0.2, 0) is 4.79 Å². The van der Waals surface area contributed by atoms with E-state index in [1.165, 1.54) is 0 Å². The Hall–Kier alpha value is -3.08. The van der Waals surface area contributed by atoms with Crippen LogP contribution in [0.2, 0.25) is 0 Å². The molecule has 0 saturated carbocycles. The molecule has 2 aliphatic heterocycles. The van der Waals surface area contributed by atoms with E-state index < -0.39 is 0 Å². The van der Waals surface area contributed by atoms with E-state index in [2.05, 4.69) is 34.3 Å². The molecular weight excluding hydrogens is 326 g/mol. The topological polar surface area (TPSA) is 64.9 Å². The number of hydrogen-bond donors (Lipinski definition) is 2. The lowest BCUT2D eigenvalue weighted by atomic mass is 9.92. The third-order valence-corrected chi connectivity index (χ3v) is 4.90. The van der Waals surface area contributed by atoms with E-state index in [-0.39, 0.29) is 29.3 Å². The van der Waals surface area contributed by atoms with Crippen molar-refractivity contribution in [3.63, 3.8) is 0 Å². The Bertz CT molecular complexity index is 875. The molecule has 2 atom stereocenters. The number of amidine groups is 1. The smallest absolute Gasteiger partial charge is 0.262 e. The van der Waals surface area contributed by atoms with Gasteiger partial charge in [-0.05, 0) is 24.6 Å². The molecule has 0 aromatic heterocycles. The highest BCUT2D eigenvalue weighted by Crippen LogP contribution is 2.38. The van der Waals surface area contributed by atoms with Gasteiger partial charge in [-0.3, -0.25) is 9.79 Å². The zero-order valence-corrected chi connectivity index (χ0v) is 14.6. The maximum absolute atomic E-state index is 12.8. The Kier molecular flexibility index (Phi) is 4.21. The van der Waals surface area contributed by atoms with Gasteiger partial charge in [0, 0.05) is 18.2 Å². The number of aliphatic hydroxyl groups is 1. The van der Waals surface area contributed by atoms with Gasteiger partial charge in [-0.15, -0.1) is 0 Å². The van der Waals surface area contributed by atoms with Crippen LogP contribution in [0.1, 0.15) is 24.9 Å². The van der Waals surface area contributed by atoms with Crippen LogP contribution in [0.15, 0.2) is 77.0 Å². The van der Waals surface area contributed by atoms with Crippen molar-refractivity contribution in [3.8, 4) is 0 Å². The van der Waals surface area contributed by atoms with E-state index in [9.17, 15) is 9.90 Å². The molecule has 0 aliphatic carbocycles. The molecule has 0 fully saturated rings. The summed E-state index contributed by atoms with van der Waals surface area (Å²) in [4.78, 5) is 19.6. The fourth-order valence-electron chi connectivity index (χ4n) is 3.67. The minimum Gasteiger partial charge on any atom is -0.511 e. The van der Waals surface area contributed by atoms with Gasteiger partial charge in [-0.2, -0.15) is 0 Å². The van der Waals surface area contributed by atoms with Crippen molar-refractivity contribution in [2.45, 2.75) is 25.4 Å². The zero-order valence-electron chi connectivity index (χ0n) is 14.6. The second-order valence-corrected chi connectivity index (χ2v) is 6.69. The summed E-state index contributed by atoms with van der Waals surface area (Å²) < 4.78 is 0. The quantitative estimate of drug-likeness (QED) is 0.890. The van der Waals surface area contributed by atoms with Crippen molar-refractivity contribution in [2.24, 2.45) is 4.99 Å². The number of nitrogens with zero attached hydrogens (tertiary/aromatic N) is 2. The summed E-state index contributed by atoms with van der Waals surface area (Å²) in [5.41, 5.74) is 2.09. The van der Waals surface area contributed by atoms with Crippen molar-refractivity contribution in [1.29, 1.82) is 0 Å². The lowest BCUT2D eigenvalue weighted by Crippen LogP contribution is -2.44. The number of nitrogens with one attached hydrogen (secondary N) is 1. The Labute approximate surface area is 152 Å². The van der Waals surface area contributed by atoms with E-state index in [1.807, 2.05) is 48.5 Å². The van der Waals surface area contributed by atoms with Gasteiger partial charge in [0.25, 0.3) is 5.91 Å². The Morgan fingerprint density at radius 1 is 1.12 bits per heavy atom. The summed E-state index contributed by atoms with van der Waals surface area (Å²) in [6.07, 6.45) is 0.394. The van der Waals surface area contributed by atoms with E-state index >= 15 is 0 Å². The van der Waals surface area contributed by atoms with E-state index in [0.717, 1.165) is 5.56 Å². The van der Waals surface area contributed by atoms with E-state index in [0.29, 0.717) is 24.5 Å². The van der Waals surface area contributed by atoms with Crippen molar-refractivity contribution in [1.82, 2.24) is 4.90 Å². The first-order chi connectivity index (χ1) is 12.6. The molecule has 132 valence electrons. The van der Waals surface area contributed by atoms with Gasteiger partial charge in [-0.1, -0.05) is 48.5 Å². The molecule has 2 aliphatic rings. The standard InChI is InChI=1S/C21H21N3O2/c1-14-13-22-20-19(21(26)23-16-10-6-3-7-11-16)18(25)12-17(24(14)20)15-8-4-2-5-9-15/h2-11,14,17,25H,12-13H2,1H3,(H,23,26)/t14-,17-/m1/s1. The number of amides is 1. The van der Waals surface area contributed by atoms with E-state index in [4.69, 9.17) is 0 Å². The highest BCUT2D eigenvalue weighted by Gasteiger charge is 2.41. The van der Waals surface area contributed by atoms with Crippen LogP contribution < -0.4 is 5.32 Å². The van der Waals surface area contributed by atoms with Gasteiger partial charge >= 0.3 is 0 Å². The number of aliphatic hydroxyl groups excluding tert-OH is 1. The number of fused-ring (bicyclic) bond motifs is 1. The summed E-state index contributed by atoms with van der Waals surface area (Å²) in [6.45, 7) is 2.72. The summed E-state index contributed by atoms with van der Waals surface area (Å²) in [5, 5.41) is 13.6. The normalized spacial score (nSPS) is 22.0. The Morgan fingerprint density at radius 3 is 2.46 bits per heavy atom. The molecule has 0 unspecified atom stereocenters. The van der Waals surface area contributed by atoms with Crippen LogP contribution in [0.4, 0.5) is 5.69 Å². The first-order valence-corrected chi connectivity index (χ1v) is 8.82. The minimum atomic E-state index is -0.321. The zero-order chi connectivity index (χ0) is 18.1. The van der Waals surface area contributed by atoms with Crippen molar-refractivity contribution >= 4 is 17.4 Å². The minimum absolute atomic E-state index is 0.0132. The molecule has 0 spiro atoms. The van der Waals surface area contributed by atoms with Gasteiger partial charge in [0.05, 0.1) is 12.6 Å². The first-order valence-electron chi connectivity index (χ1n) is 8.82. The summed E-state index contributed by atoms with van der Waals surface area (Å²) in [5.74, 6) is 0.359. The van der Waals surface area contributed by atoms with Crippen LogP contribution in [0.3, 0.4) is 0 Å². The molecule has 0 radical (unpaired) electrons. The summed E-state index contributed by atoms with van der Waals surface area (Å²) in [7, 11) is 0. The Morgan fingerprint density at radius 2 is 1.77 bits per heavy atom. The van der Waals surface area contributed by atoms with Gasteiger partial charge in [0.2, 0.25) is 0 Å². The van der Waals surface area contributed by atoms with Crippen LogP contribution >= 0.6 is 0 Å². The molecule has 4 rings (SSSR count). The fourth-order valence-corrected chi connectivity index (χ4v) is 3.67. The molecule has 26 heavy (non-hydrogen) atoms. The highest BCUT2D eigenvalue weighted by molar-refractivity contribution is 6.25. The van der Waals surface area contributed by atoms with Crippen LogP contribution in [0.5, 0.6) is 0 Å². The van der Waals surface area contributed by atoms with E-state index in [1.54, 1.807) is 0 Å². The van der Waals surface area contributed by atoms with Crippen LogP contribution in [0.25, 0.3) is 0 Å². The molecule has 2 N–H and O–H groups in total. The molecule has 2 heterocycles. The van der Waals surface area contributed by atoms with Gasteiger partial charge in [-0.25, -0.2) is 0 Å². The number of carbonyl (C=O) groups is 1. The number of benzene rings is 2. The molecule has 2 aromatic rings. The third-order valence-electron chi connectivity index (χ3n) is 4.90. The maximum atomic E-state index is 12.8. The lowest BCUT2D eigenvalue weighted by molar-refractivity contribution is -0.112. The van der Waals surface area contributed by atoms with Crippen LogP contribution in [0, 0.1) is 0 Å². The fraction of sp³-hybridized carbons (Fsp3) is 0.238. The van der Waals surface area contributed by atoms with Crippen molar-refractivity contribution < 1.29 is 9.90 Å². The monoisotopic (exact) mass is 347 g/mol. The number of rotatable bonds is 3. The summed E-state index contributed by atoms with van der Waals surface area (Å²) in [6, 6.07) is 19.5.